The average Bonchev–Trinajstić information content (AvgIpc) is 3.22. The van der Waals surface area contributed by atoms with E-state index in [2.05, 4.69) is 0 Å². The summed E-state index contributed by atoms with van der Waals surface area (Å²) in [6, 6.07) is 11.1. The first-order chi connectivity index (χ1) is 13.4. The number of nitro groups is 1. The number of ether oxygens (including phenoxy) is 1. The highest BCUT2D eigenvalue weighted by molar-refractivity contribution is 7.99. The molecule has 2 aromatic carbocycles. The Morgan fingerprint density at radius 3 is 2.79 bits per heavy atom. The molecular formula is C18H14ClN3O4S2. The number of amides is 1. The summed E-state index contributed by atoms with van der Waals surface area (Å²) in [5, 5.41) is 11.6. The smallest absolute Gasteiger partial charge is 0.269 e. The van der Waals surface area contributed by atoms with E-state index >= 15 is 0 Å². The van der Waals surface area contributed by atoms with Gasteiger partial charge in [0.15, 0.2) is 5.11 Å². The maximum absolute atomic E-state index is 13.0. The van der Waals surface area contributed by atoms with Crippen LogP contribution in [0, 0.1) is 10.1 Å². The van der Waals surface area contributed by atoms with Gasteiger partial charge in [-0.05, 0) is 36.0 Å². The Morgan fingerprint density at radius 2 is 2.11 bits per heavy atom. The highest BCUT2D eigenvalue weighted by atomic mass is 35.5. The minimum atomic E-state index is -0.431. The van der Waals surface area contributed by atoms with E-state index < -0.39 is 11.0 Å². The molecule has 2 aliphatic rings. The van der Waals surface area contributed by atoms with Crippen molar-refractivity contribution in [3.63, 3.8) is 0 Å². The van der Waals surface area contributed by atoms with Gasteiger partial charge in [-0.3, -0.25) is 19.8 Å². The van der Waals surface area contributed by atoms with Crippen LogP contribution in [0.5, 0.6) is 5.75 Å². The molecule has 0 radical (unpaired) electrons. The molecule has 0 bridgehead atoms. The molecule has 2 aromatic rings. The minimum Gasteiger partial charge on any atom is -0.495 e. The van der Waals surface area contributed by atoms with Crippen LogP contribution in [-0.4, -0.2) is 39.7 Å². The Bertz CT molecular complexity index is 1000. The second kappa shape index (κ2) is 7.23. The van der Waals surface area contributed by atoms with Crippen LogP contribution in [0.15, 0.2) is 42.5 Å². The monoisotopic (exact) mass is 435 g/mol. The molecule has 1 amide bonds. The van der Waals surface area contributed by atoms with E-state index in [9.17, 15) is 14.9 Å². The predicted octanol–water partition coefficient (Wildman–Crippen LogP) is 4.00. The second-order valence-corrected chi connectivity index (χ2v) is 8.12. The first-order valence-corrected chi connectivity index (χ1v) is 10.1. The number of carbonyl (C=O) groups excluding carboxylic acids is 1. The summed E-state index contributed by atoms with van der Waals surface area (Å²) in [6.45, 7) is 0. The quantitative estimate of drug-likeness (QED) is 0.408. The first-order valence-electron chi connectivity index (χ1n) is 8.28. The number of non-ortho nitro benzene ring substituents is 1. The fourth-order valence-corrected chi connectivity index (χ4v) is 5.53. The van der Waals surface area contributed by atoms with Gasteiger partial charge in [-0.15, -0.1) is 11.8 Å². The van der Waals surface area contributed by atoms with Gasteiger partial charge >= 0.3 is 0 Å². The number of hydrogen-bond donors (Lipinski definition) is 0. The third-order valence-electron chi connectivity index (χ3n) is 4.68. The third kappa shape index (κ3) is 2.99. The van der Waals surface area contributed by atoms with E-state index in [4.69, 9.17) is 28.6 Å². The van der Waals surface area contributed by atoms with Gasteiger partial charge in [-0.1, -0.05) is 23.7 Å². The lowest BCUT2D eigenvalue weighted by atomic mass is 10.1. The van der Waals surface area contributed by atoms with E-state index in [0.717, 1.165) is 5.56 Å². The lowest BCUT2D eigenvalue weighted by Crippen LogP contribution is -2.33. The van der Waals surface area contributed by atoms with Crippen molar-refractivity contribution < 1.29 is 14.5 Å². The van der Waals surface area contributed by atoms with Crippen LogP contribution >= 0.6 is 35.6 Å². The molecule has 0 N–H and O–H groups in total. The highest BCUT2D eigenvalue weighted by Crippen LogP contribution is 2.47. The van der Waals surface area contributed by atoms with E-state index in [1.165, 1.54) is 24.1 Å². The molecule has 10 heteroatoms. The van der Waals surface area contributed by atoms with Crippen LogP contribution in [0.2, 0.25) is 5.02 Å². The molecule has 2 atom stereocenters. The second-order valence-electron chi connectivity index (χ2n) is 6.24. The number of carbonyl (C=O) groups is 1. The zero-order chi connectivity index (χ0) is 20.0. The SMILES string of the molecule is COc1ccc(N2C(=O)[C@@H]3CS[C@H](c4cccc([N+](=O)[O-])c4)N3C2=S)cc1Cl. The molecule has 4 rings (SSSR count). The Kier molecular flexibility index (Phi) is 4.90. The molecule has 144 valence electrons. The zero-order valence-electron chi connectivity index (χ0n) is 14.6. The highest BCUT2D eigenvalue weighted by Gasteiger charge is 2.51. The fourth-order valence-electron chi connectivity index (χ4n) is 3.37. The zero-order valence-corrected chi connectivity index (χ0v) is 17.0. The minimum absolute atomic E-state index is 0.0109. The predicted molar refractivity (Wildman–Crippen MR) is 112 cm³/mol. The van der Waals surface area contributed by atoms with Gasteiger partial charge in [0, 0.05) is 17.9 Å². The number of anilines is 1. The number of methoxy groups -OCH3 is 1. The third-order valence-corrected chi connectivity index (χ3v) is 6.69. The van der Waals surface area contributed by atoms with E-state index in [-0.39, 0.29) is 17.0 Å². The first kappa shape index (κ1) is 19.0. The van der Waals surface area contributed by atoms with Gasteiger partial charge in [0.05, 0.1) is 22.7 Å². The Labute approximate surface area is 175 Å². The maximum Gasteiger partial charge on any atom is 0.269 e. The van der Waals surface area contributed by atoms with Gasteiger partial charge in [-0.2, -0.15) is 0 Å². The summed E-state index contributed by atoms with van der Waals surface area (Å²) >= 11 is 13.4. The van der Waals surface area contributed by atoms with Crippen LogP contribution in [0.3, 0.4) is 0 Å². The van der Waals surface area contributed by atoms with Gasteiger partial charge < -0.3 is 9.64 Å². The van der Waals surface area contributed by atoms with Crippen molar-refractivity contribution in [3.05, 3.63) is 63.2 Å². The molecule has 2 saturated heterocycles. The Balaban J connectivity index is 1.67. The van der Waals surface area contributed by atoms with Crippen LogP contribution in [0.1, 0.15) is 10.9 Å². The van der Waals surface area contributed by atoms with E-state index in [1.807, 2.05) is 11.0 Å². The van der Waals surface area contributed by atoms with Crippen molar-refractivity contribution in [1.82, 2.24) is 4.90 Å². The van der Waals surface area contributed by atoms with Crippen LogP contribution < -0.4 is 9.64 Å². The molecule has 2 fully saturated rings. The molecule has 7 nitrogen and oxygen atoms in total. The lowest BCUT2D eigenvalue weighted by molar-refractivity contribution is -0.384. The number of fused-ring (bicyclic) bond motifs is 1. The molecule has 0 unspecified atom stereocenters. The summed E-state index contributed by atoms with van der Waals surface area (Å²) in [7, 11) is 1.52. The molecular weight excluding hydrogens is 422 g/mol. The van der Waals surface area contributed by atoms with Gasteiger partial charge in [0.1, 0.15) is 17.2 Å². The standard InChI is InChI=1S/C18H14ClN3O4S2/c1-26-15-6-5-11(8-13(15)19)20-16(23)14-9-28-17(21(14)18(20)27)10-3-2-4-12(7-10)22(24)25/h2-8,14,17H,9H2,1H3/t14-,17+/m0/s1. The van der Waals surface area contributed by atoms with Crippen molar-refractivity contribution in [1.29, 1.82) is 0 Å². The van der Waals surface area contributed by atoms with Crippen molar-refractivity contribution >= 4 is 58.0 Å². The average molecular weight is 436 g/mol. The topological polar surface area (TPSA) is 75.9 Å². The molecule has 0 saturated carbocycles. The molecule has 0 spiro atoms. The summed E-state index contributed by atoms with van der Waals surface area (Å²) < 4.78 is 5.16. The number of rotatable bonds is 4. The number of nitrogens with zero attached hydrogens (tertiary/aromatic N) is 3. The largest absolute Gasteiger partial charge is 0.495 e. The Hall–Kier alpha value is -2.36. The van der Waals surface area contributed by atoms with Crippen molar-refractivity contribution in [3.8, 4) is 5.75 Å². The summed E-state index contributed by atoms with van der Waals surface area (Å²) in [5.41, 5.74) is 1.32. The number of nitro benzene ring substituents is 1. The summed E-state index contributed by atoms with van der Waals surface area (Å²) in [4.78, 5) is 27.0. The maximum atomic E-state index is 13.0. The Morgan fingerprint density at radius 1 is 1.32 bits per heavy atom. The van der Waals surface area contributed by atoms with Gasteiger partial charge in [0.2, 0.25) is 0 Å². The van der Waals surface area contributed by atoms with Gasteiger partial charge in [-0.25, -0.2) is 0 Å². The van der Waals surface area contributed by atoms with Crippen molar-refractivity contribution in [2.24, 2.45) is 0 Å². The number of halogens is 1. The van der Waals surface area contributed by atoms with Crippen LogP contribution in [0.4, 0.5) is 11.4 Å². The van der Waals surface area contributed by atoms with Crippen LogP contribution in [-0.2, 0) is 4.79 Å². The van der Waals surface area contributed by atoms with Crippen LogP contribution in [0.25, 0.3) is 0 Å². The number of thioether (sulfide) groups is 1. The summed E-state index contributed by atoms with van der Waals surface area (Å²) in [6.07, 6.45) is 0. The molecule has 0 aliphatic carbocycles. The van der Waals surface area contributed by atoms with E-state index in [1.54, 1.807) is 36.0 Å². The fraction of sp³-hybridized carbons (Fsp3) is 0.222. The van der Waals surface area contributed by atoms with Gasteiger partial charge in [0.25, 0.3) is 11.6 Å². The molecule has 28 heavy (non-hydrogen) atoms. The molecule has 2 aliphatic heterocycles. The molecule has 0 aromatic heterocycles. The number of thiocarbonyl (C=S) groups is 1. The van der Waals surface area contributed by atoms with E-state index in [0.29, 0.717) is 27.3 Å². The number of hydrogen-bond acceptors (Lipinski definition) is 6. The van der Waals surface area contributed by atoms with Crippen molar-refractivity contribution in [2.45, 2.75) is 11.4 Å². The lowest BCUT2D eigenvalue weighted by Gasteiger charge is -2.25. The normalized spacial score (nSPS) is 21.2. The molecule has 2 heterocycles. The van der Waals surface area contributed by atoms with Crippen molar-refractivity contribution in [2.75, 3.05) is 17.8 Å². The summed E-state index contributed by atoms with van der Waals surface area (Å²) in [5.74, 6) is 0.923. The number of benzene rings is 2.